The second-order valence-corrected chi connectivity index (χ2v) is 6.23. The third-order valence-electron chi connectivity index (χ3n) is 3.91. The zero-order chi connectivity index (χ0) is 18.6. The van der Waals surface area contributed by atoms with Gasteiger partial charge in [-0.2, -0.15) is 10.1 Å². The number of rotatable bonds is 5. The molecule has 8 heteroatoms. The molecule has 1 aromatic carbocycles. The molecule has 0 amide bonds. The van der Waals surface area contributed by atoms with Gasteiger partial charge in [0, 0.05) is 41.0 Å². The molecule has 0 radical (unpaired) electrons. The van der Waals surface area contributed by atoms with Crippen LogP contribution in [0.15, 0.2) is 70.2 Å². The van der Waals surface area contributed by atoms with E-state index < -0.39 is 0 Å². The van der Waals surface area contributed by atoms with Crippen molar-refractivity contribution in [1.82, 2.24) is 24.9 Å². The van der Waals surface area contributed by atoms with Crippen LogP contribution in [-0.2, 0) is 13.0 Å². The van der Waals surface area contributed by atoms with E-state index in [0.717, 1.165) is 11.1 Å². The van der Waals surface area contributed by atoms with Gasteiger partial charge in [-0.3, -0.25) is 9.78 Å². The van der Waals surface area contributed by atoms with Gasteiger partial charge in [-0.25, -0.2) is 4.68 Å². The number of aryl methyl sites for hydroxylation is 2. The van der Waals surface area contributed by atoms with E-state index in [2.05, 4.69) is 20.2 Å². The van der Waals surface area contributed by atoms with Gasteiger partial charge in [0.1, 0.15) is 0 Å². The standard InChI is InChI=1S/C19H14ClN5O2/c20-15-5-1-3-13(11-15)16-6-7-18(26)25(23-16)10-8-17-22-19(24-27-17)14-4-2-9-21-12-14/h1-7,9,11-12H,8,10H2. The number of halogens is 1. The Bertz CT molecular complexity index is 1120. The molecule has 0 spiro atoms. The first-order valence-electron chi connectivity index (χ1n) is 8.26. The molecule has 134 valence electrons. The second kappa shape index (κ2) is 7.51. The summed E-state index contributed by atoms with van der Waals surface area (Å²) in [5.41, 5.74) is 2.07. The van der Waals surface area contributed by atoms with Gasteiger partial charge in [0.2, 0.25) is 11.7 Å². The summed E-state index contributed by atoms with van der Waals surface area (Å²) in [5, 5.41) is 8.97. The molecule has 0 bridgehead atoms. The van der Waals surface area contributed by atoms with Crippen LogP contribution >= 0.6 is 11.6 Å². The number of benzene rings is 1. The van der Waals surface area contributed by atoms with Crippen molar-refractivity contribution in [2.75, 3.05) is 0 Å². The van der Waals surface area contributed by atoms with Gasteiger partial charge in [-0.1, -0.05) is 28.9 Å². The van der Waals surface area contributed by atoms with Gasteiger partial charge < -0.3 is 4.52 Å². The van der Waals surface area contributed by atoms with E-state index in [0.29, 0.717) is 35.4 Å². The van der Waals surface area contributed by atoms with Crippen LogP contribution in [-0.4, -0.2) is 24.9 Å². The summed E-state index contributed by atoms with van der Waals surface area (Å²) in [6.07, 6.45) is 3.73. The van der Waals surface area contributed by atoms with E-state index in [1.165, 1.54) is 10.7 Å². The van der Waals surface area contributed by atoms with Gasteiger partial charge in [0.25, 0.3) is 5.56 Å². The number of hydrogen-bond donors (Lipinski definition) is 0. The highest BCUT2D eigenvalue weighted by Crippen LogP contribution is 2.20. The summed E-state index contributed by atoms with van der Waals surface area (Å²) in [7, 11) is 0. The lowest BCUT2D eigenvalue weighted by Crippen LogP contribution is -2.23. The molecule has 0 saturated carbocycles. The zero-order valence-electron chi connectivity index (χ0n) is 14.1. The molecule has 0 unspecified atom stereocenters. The Balaban J connectivity index is 1.53. The number of hydrogen-bond acceptors (Lipinski definition) is 6. The van der Waals surface area contributed by atoms with Crippen LogP contribution in [0.1, 0.15) is 5.89 Å². The van der Waals surface area contributed by atoms with Crippen molar-refractivity contribution in [3.05, 3.63) is 82.2 Å². The van der Waals surface area contributed by atoms with Crippen LogP contribution in [0, 0.1) is 0 Å². The van der Waals surface area contributed by atoms with Crippen molar-refractivity contribution >= 4 is 11.6 Å². The van der Waals surface area contributed by atoms with Crippen molar-refractivity contribution in [1.29, 1.82) is 0 Å². The van der Waals surface area contributed by atoms with Gasteiger partial charge in [-0.15, -0.1) is 0 Å². The highest BCUT2D eigenvalue weighted by atomic mass is 35.5. The molecule has 4 rings (SSSR count). The van der Waals surface area contributed by atoms with E-state index in [9.17, 15) is 4.79 Å². The Hall–Kier alpha value is -3.32. The molecular formula is C19H14ClN5O2. The third-order valence-corrected chi connectivity index (χ3v) is 4.15. The maximum atomic E-state index is 12.1. The van der Waals surface area contributed by atoms with Crippen molar-refractivity contribution in [3.63, 3.8) is 0 Å². The largest absolute Gasteiger partial charge is 0.339 e. The summed E-state index contributed by atoms with van der Waals surface area (Å²) < 4.78 is 6.64. The van der Waals surface area contributed by atoms with Crippen LogP contribution in [0.2, 0.25) is 5.02 Å². The molecule has 0 fully saturated rings. The Morgan fingerprint density at radius 3 is 2.78 bits per heavy atom. The van der Waals surface area contributed by atoms with Crippen LogP contribution in [0.25, 0.3) is 22.6 Å². The molecule has 27 heavy (non-hydrogen) atoms. The summed E-state index contributed by atoms with van der Waals surface area (Å²) in [6, 6.07) is 14.1. The minimum Gasteiger partial charge on any atom is -0.339 e. The fourth-order valence-corrected chi connectivity index (χ4v) is 2.77. The topological polar surface area (TPSA) is 86.7 Å². The number of aromatic nitrogens is 5. The van der Waals surface area contributed by atoms with E-state index in [-0.39, 0.29) is 5.56 Å². The van der Waals surface area contributed by atoms with E-state index >= 15 is 0 Å². The van der Waals surface area contributed by atoms with E-state index in [4.69, 9.17) is 16.1 Å². The molecule has 3 aromatic heterocycles. The Morgan fingerprint density at radius 2 is 1.96 bits per heavy atom. The monoisotopic (exact) mass is 379 g/mol. The molecule has 4 aromatic rings. The molecule has 0 saturated heterocycles. The van der Waals surface area contributed by atoms with Crippen molar-refractivity contribution < 1.29 is 4.52 Å². The number of pyridine rings is 1. The lowest BCUT2D eigenvalue weighted by atomic mass is 10.1. The van der Waals surface area contributed by atoms with E-state index in [1.807, 2.05) is 18.2 Å². The molecule has 0 atom stereocenters. The molecule has 7 nitrogen and oxygen atoms in total. The predicted octanol–water partition coefficient (Wildman–Crippen LogP) is 3.25. The summed E-state index contributed by atoms with van der Waals surface area (Å²) >= 11 is 6.03. The van der Waals surface area contributed by atoms with E-state index in [1.54, 1.807) is 36.7 Å². The van der Waals surface area contributed by atoms with Crippen molar-refractivity contribution in [2.45, 2.75) is 13.0 Å². The van der Waals surface area contributed by atoms with Crippen LogP contribution < -0.4 is 5.56 Å². The Kier molecular flexibility index (Phi) is 4.76. The first-order valence-corrected chi connectivity index (χ1v) is 8.64. The molecule has 0 N–H and O–H groups in total. The molecule has 0 aliphatic rings. The van der Waals surface area contributed by atoms with Crippen molar-refractivity contribution in [2.24, 2.45) is 0 Å². The normalized spacial score (nSPS) is 10.9. The van der Waals surface area contributed by atoms with Gasteiger partial charge >= 0.3 is 0 Å². The smallest absolute Gasteiger partial charge is 0.266 e. The highest BCUT2D eigenvalue weighted by molar-refractivity contribution is 6.30. The Morgan fingerprint density at radius 1 is 1.07 bits per heavy atom. The quantitative estimate of drug-likeness (QED) is 0.529. The first-order chi connectivity index (χ1) is 13.2. The fourth-order valence-electron chi connectivity index (χ4n) is 2.58. The van der Waals surface area contributed by atoms with Gasteiger partial charge in [-0.05, 0) is 30.3 Å². The maximum Gasteiger partial charge on any atom is 0.266 e. The minimum absolute atomic E-state index is 0.201. The average molecular weight is 380 g/mol. The average Bonchev–Trinajstić information content (AvgIpc) is 3.17. The predicted molar refractivity (Wildman–Crippen MR) is 100 cm³/mol. The number of nitrogens with zero attached hydrogens (tertiary/aromatic N) is 5. The molecule has 0 aliphatic carbocycles. The molecule has 3 heterocycles. The highest BCUT2D eigenvalue weighted by Gasteiger charge is 2.10. The lowest BCUT2D eigenvalue weighted by Gasteiger charge is -2.06. The third kappa shape index (κ3) is 3.93. The first kappa shape index (κ1) is 17.1. The maximum absolute atomic E-state index is 12.1. The second-order valence-electron chi connectivity index (χ2n) is 5.79. The minimum atomic E-state index is -0.201. The van der Waals surface area contributed by atoms with Crippen LogP contribution in [0.4, 0.5) is 0 Å². The van der Waals surface area contributed by atoms with Crippen molar-refractivity contribution in [3.8, 4) is 22.6 Å². The van der Waals surface area contributed by atoms with Gasteiger partial charge in [0.05, 0.1) is 12.2 Å². The summed E-state index contributed by atoms with van der Waals surface area (Å²) in [6.45, 7) is 0.321. The zero-order valence-corrected chi connectivity index (χ0v) is 14.9. The lowest BCUT2D eigenvalue weighted by molar-refractivity contribution is 0.368. The molecule has 0 aliphatic heterocycles. The summed E-state index contributed by atoms with van der Waals surface area (Å²) in [5.74, 6) is 0.891. The summed E-state index contributed by atoms with van der Waals surface area (Å²) in [4.78, 5) is 20.5. The van der Waals surface area contributed by atoms with Crippen LogP contribution in [0.5, 0.6) is 0 Å². The SMILES string of the molecule is O=c1ccc(-c2cccc(Cl)c2)nn1CCc1nc(-c2cccnc2)no1. The molecular weight excluding hydrogens is 366 g/mol. The van der Waals surface area contributed by atoms with Crippen LogP contribution in [0.3, 0.4) is 0 Å². The van der Waals surface area contributed by atoms with Gasteiger partial charge in [0.15, 0.2) is 0 Å². The fraction of sp³-hybridized carbons (Fsp3) is 0.105. The Labute approximate surface area is 159 Å².